The fraction of sp³-hybridized carbons (Fsp3) is 0.200. The summed E-state index contributed by atoms with van der Waals surface area (Å²) in [5, 5.41) is 6.42. The lowest BCUT2D eigenvalue weighted by Gasteiger charge is -1.76. The van der Waals surface area contributed by atoms with Crippen LogP contribution in [-0.2, 0) is 6.42 Å². The first-order valence-corrected chi connectivity index (χ1v) is 2.20. The monoisotopic (exact) mass is 95.1 g/mol. The van der Waals surface area contributed by atoms with E-state index in [2.05, 4.69) is 17.1 Å². The molecule has 1 aromatic rings. The van der Waals surface area contributed by atoms with Crippen molar-refractivity contribution < 1.29 is 0 Å². The molecule has 0 saturated carbocycles. The molecule has 0 aliphatic heterocycles. The van der Waals surface area contributed by atoms with Gasteiger partial charge < -0.3 is 0 Å². The van der Waals surface area contributed by atoms with Crippen LogP contribution in [0.3, 0.4) is 0 Å². The molecule has 0 bridgehead atoms. The summed E-state index contributed by atoms with van der Waals surface area (Å²) >= 11 is 0. The normalized spacial score (nSPS) is 9.29. The van der Waals surface area contributed by atoms with E-state index in [1.165, 1.54) is 0 Å². The molecule has 0 aliphatic carbocycles. The molecule has 1 aromatic heterocycles. The van der Waals surface area contributed by atoms with Crippen LogP contribution in [0.4, 0.5) is 0 Å². The van der Waals surface area contributed by atoms with E-state index < -0.39 is 0 Å². The van der Waals surface area contributed by atoms with Gasteiger partial charge in [-0.1, -0.05) is 0 Å². The molecule has 1 heterocycles. The second-order valence-electron chi connectivity index (χ2n) is 1.36. The Morgan fingerprint density at radius 2 is 2.71 bits per heavy atom. The molecule has 0 aromatic carbocycles. The third-order valence-corrected chi connectivity index (χ3v) is 0.844. The van der Waals surface area contributed by atoms with Crippen LogP contribution >= 0.6 is 0 Å². The average Bonchev–Trinajstić information content (AvgIpc) is 2.14. The lowest BCUT2D eigenvalue weighted by Crippen LogP contribution is -1.68. The highest BCUT2D eigenvalue weighted by Gasteiger charge is 1.83. The molecule has 1 radical (unpaired) electrons. The largest absolute Gasteiger partial charge is 0.285 e. The Labute approximate surface area is 42.6 Å². The lowest BCUT2D eigenvalue weighted by molar-refractivity contribution is 1.09. The van der Waals surface area contributed by atoms with Crippen molar-refractivity contribution in [3.63, 3.8) is 0 Å². The van der Waals surface area contributed by atoms with E-state index in [1.54, 1.807) is 6.20 Å². The van der Waals surface area contributed by atoms with Crippen LogP contribution in [0.1, 0.15) is 5.56 Å². The van der Waals surface area contributed by atoms with E-state index in [4.69, 9.17) is 0 Å². The first kappa shape index (κ1) is 4.37. The number of hydrogen-bond donors (Lipinski definition) is 1. The van der Waals surface area contributed by atoms with E-state index in [1.807, 2.05) is 6.20 Å². The van der Waals surface area contributed by atoms with Crippen molar-refractivity contribution in [1.29, 1.82) is 0 Å². The van der Waals surface area contributed by atoms with Crippen LogP contribution in [0.25, 0.3) is 0 Å². The zero-order valence-corrected chi connectivity index (χ0v) is 4.02. The molecule has 0 aliphatic rings. The van der Waals surface area contributed by atoms with Crippen LogP contribution in [0.2, 0.25) is 0 Å². The van der Waals surface area contributed by atoms with Crippen molar-refractivity contribution in [3.8, 4) is 0 Å². The second kappa shape index (κ2) is 1.78. The van der Waals surface area contributed by atoms with Crippen molar-refractivity contribution in [1.82, 2.24) is 10.2 Å². The summed E-state index contributed by atoms with van der Waals surface area (Å²) in [5.74, 6) is 0. The minimum absolute atomic E-state index is 0.816. The van der Waals surface area contributed by atoms with Crippen LogP contribution in [-0.4, -0.2) is 10.2 Å². The smallest absolute Gasteiger partial charge is 0.0519 e. The highest BCUT2D eigenvalue weighted by molar-refractivity contribution is 5.02. The standard InChI is InChI=1S/C5H7N2/c1-2-5-3-6-7-4-5/h3-4H,1-2H2,(H,6,7). The molecule has 2 heteroatoms. The third kappa shape index (κ3) is 0.796. The Kier molecular flexibility index (Phi) is 1.11. The van der Waals surface area contributed by atoms with Gasteiger partial charge in [-0.3, -0.25) is 5.10 Å². The van der Waals surface area contributed by atoms with Gasteiger partial charge >= 0.3 is 0 Å². The van der Waals surface area contributed by atoms with Gasteiger partial charge in [0.25, 0.3) is 0 Å². The molecule has 0 unspecified atom stereocenters. The molecule has 0 spiro atoms. The highest BCUT2D eigenvalue weighted by Crippen LogP contribution is 1.90. The molecule has 0 amide bonds. The summed E-state index contributed by atoms with van der Waals surface area (Å²) in [6, 6.07) is 0. The van der Waals surface area contributed by atoms with Gasteiger partial charge in [-0.05, 0) is 18.9 Å². The predicted octanol–water partition coefficient (Wildman–Crippen LogP) is 0.786. The number of hydrogen-bond acceptors (Lipinski definition) is 1. The number of nitrogens with zero attached hydrogens (tertiary/aromatic N) is 1. The van der Waals surface area contributed by atoms with Gasteiger partial charge in [0.05, 0.1) is 6.20 Å². The maximum Gasteiger partial charge on any atom is 0.0519 e. The van der Waals surface area contributed by atoms with Gasteiger partial charge in [-0.2, -0.15) is 5.10 Å². The first-order chi connectivity index (χ1) is 3.43. The van der Waals surface area contributed by atoms with Crippen LogP contribution in [0.15, 0.2) is 12.4 Å². The van der Waals surface area contributed by atoms with E-state index in [0.717, 1.165) is 12.0 Å². The molecule has 7 heavy (non-hydrogen) atoms. The third-order valence-electron chi connectivity index (χ3n) is 0.844. The Morgan fingerprint density at radius 1 is 1.86 bits per heavy atom. The molecule has 37 valence electrons. The SMILES string of the molecule is [CH2]Cc1cn[nH]c1. The molecule has 1 N–H and O–H groups in total. The van der Waals surface area contributed by atoms with E-state index >= 15 is 0 Å². The average molecular weight is 95.1 g/mol. The fourth-order valence-corrected chi connectivity index (χ4v) is 0.414. The van der Waals surface area contributed by atoms with Crippen molar-refractivity contribution in [2.75, 3.05) is 0 Å². The summed E-state index contributed by atoms with van der Waals surface area (Å²) in [4.78, 5) is 0. The Hall–Kier alpha value is -0.790. The molecule has 2 nitrogen and oxygen atoms in total. The second-order valence-corrected chi connectivity index (χ2v) is 1.36. The summed E-state index contributed by atoms with van der Waals surface area (Å²) < 4.78 is 0. The van der Waals surface area contributed by atoms with Gasteiger partial charge in [-0.25, -0.2) is 0 Å². The molecular weight excluding hydrogens is 88.1 g/mol. The maximum atomic E-state index is 3.73. The first-order valence-electron chi connectivity index (χ1n) is 2.20. The Bertz CT molecular complexity index is 121. The Morgan fingerprint density at radius 3 is 3.00 bits per heavy atom. The Balaban J connectivity index is 2.76. The van der Waals surface area contributed by atoms with Crippen molar-refractivity contribution in [2.24, 2.45) is 0 Å². The van der Waals surface area contributed by atoms with Gasteiger partial charge in [0, 0.05) is 6.20 Å². The summed E-state index contributed by atoms with van der Waals surface area (Å²) in [6.07, 6.45) is 4.43. The van der Waals surface area contributed by atoms with Gasteiger partial charge in [0.1, 0.15) is 0 Å². The highest BCUT2D eigenvalue weighted by atomic mass is 15.1. The number of H-pyrrole nitrogens is 1. The van der Waals surface area contributed by atoms with Crippen LogP contribution in [0, 0.1) is 6.92 Å². The van der Waals surface area contributed by atoms with Gasteiger partial charge in [0.2, 0.25) is 0 Å². The number of aromatic nitrogens is 2. The zero-order valence-electron chi connectivity index (χ0n) is 4.02. The van der Waals surface area contributed by atoms with Crippen molar-refractivity contribution in [3.05, 3.63) is 24.9 Å². The predicted molar refractivity (Wildman–Crippen MR) is 27.6 cm³/mol. The number of rotatable bonds is 1. The van der Waals surface area contributed by atoms with Crippen LogP contribution in [0.5, 0.6) is 0 Å². The van der Waals surface area contributed by atoms with Gasteiger partial charge in [0.15, 0.2) is 0 Å². The van der Waals surface area contributed by atoms with Crippen molar-refractivity contribution >= 4 is 0 Å². The summed E-state index contributed by atoms with van der Waals surface area (Å²) in [7, 11) is 0. The van der Waals surface area contributed by atoms with E-state index in [9.17, 15) is 0 Å². The van der Waals surface area contributed by atoms with E-state index in [-0.39, 0.29) is 0 Å². The minimum atomic E-state index is 0.816. The topological polar surface area (TPSA) is 28.7 Å². The number of nitrogens with one attached hydrogen (secondary N) is 1. The molecule has 1 rings (SSSR count). The maximum absolute atomic E-state index is 3.73. The molecule has 0 saturated heterocycles. The zero-order chi connectivity index (χ0) is 5.11. The lowest BCUT2D eigenvalue weighted by atomic mass is 10.3. The molecule has 0 atom stereocenters. The quantitative estimate of drug-likeness (QED) is 0.548. The van der Waals surface area contributed by atoms with Crippen LogP contribution < -0.4 is 0 Å². The molecule has 0 fully saturated rings. The molecular formula is C5H7N2. The van der Waals surface area contributed by atoms with Crippen molar-refractivity contribution in [2.45, 2.75) is 6.42 Å². The number of aromatic amines is 1. The minimum Gasteiger partial charge on any atom is -0.285 e. The summed E-state index contributed by atoms with van der Waals surface area (Å²) in [5.41, 5.74) is 1.15. The summed E-state index contributed by atoms with van der Waals surface area (Å²) in [6.45, 7) is 3.67. The van der Waals surface area contributed by atoms with E-state index in [0.29, 0.717) is 0 Å². The van der Waals surface area contributed by atoms with Gasteiger partial charge in [-0.15, -0.1) is 0 Å². The fourth-order valence-electron chi connectivity index (χ4n) is 0.414.